The van der Waals surface area contributed by atoms with Gasteiger partial charge in [-0.3, -0.25) is 4.68 Å². The average Bonchev–Trinajstić information content (AvgIpc) is 3.48. The molecule has 0 aliphatic rings. The molecule has 0 radical (unpaired) electrons. The van der Waals surface area contributed by atoms with Crippen molar-refractivity contribution in [2.75, 3.05) is 12.4 Å². The minimum atomic E-state index is -0.512. The highest BCUT2D eigenvalue weighted by atomic mass is 32.1. The van der Waals surface area contributed by atoms with E-state index in [1.807, 2.05) is 42.6 Å². The maximum atomic E-state index is 11.5. The van der Waals surface area contributed by atoms with Crippen LogP contribution >= 0.6 is 12.2 Å². The number of methoxy groups -OCH3 is 1. The first-order valence-corrected chi connectivity index (χ1v) is 10.4. The molecule has 0 aliphatic heterocycles. The van der Waals surface area contributed by atoms with Gasteiger partial charge >= 0.3 is 5.97 Å². The maximum Gasteiger partial charge on any atom is 0.373 e. The van der Waals surface area contributed by atoms with E-state index in [1.54, 1.807) is 23.0 Å². The van der Waals surface area contributed by atoms with E-state index in [2.05, 4.69) is 44.7 Å². The number of benzene rings is 2. The average molecular weight is 447 g/mol. The van der Waals surface area contributed by atoms with Crippen molar-refractivity contribution in [3.8, 4) is 0 Å². The second kappa shape index (κ2) is 9.93. The zero-order valence-corrected chi connectivity index (χ0v) is 18.2. The molecular formula is C24H22N4O3S. The number of carbonyl (C=O) groups excluding carboxylic acids is 1. The monoisotopic (exact) mass is 446 g/mol. The van der Waals surface area contributed by atoms with Gasteiger partial charge in [0.25, 0.3) is 0 Å². The van der Waals surface area contributed by atoms with Crippen LogP contribution < -0.4 is 10.6 Å². The van der Waals surface area contributed by atoms with Crippen LogP contribution in [-0.4, -0.2) is 28.0 Å². The second-order valence-corrected chi connectivity index (χ2v) is 7.45. The molecule has 0 saturated carbocycles. The van der Waals surface area contributed by atoms with Gasteiger partial charge in [0.2, 0.25) is 5.76 Å². The molecule has 2 heterocycles. The third kappa shape index (κ3) is 5.22. The van der Waals surface area contributed by atoms with Gasteiger partial charge in [0, 0.05) is 6.20 Å². The number of furan rings is 1. The van der Waals surface area contributed by atoms with E-state index in [9.17, 15) is 4.79 Å². The SMILES string of the molecule is COC(=O)c1ccc(Cn2cc(NC(=S)NC(c3ccccc3)c3ccccc3)cn2)o1. The summed E-state index contributed by atoms with van der Waals surface area (Å²) in [5.74, 6) is 0.238. The third-order valence-corrected chi connectivity index (χ3v) is 5.02. The first-order valence-electron chi connectivity index (χ1n) is 9.99. The Labute approximate surface area is 191 Å². The lowest BCUT2D eigenvalue weighted by atomic mass is 9.99. The summed E-state index contributed by atoms with van der Waals surface area (Å²) in [5.41, 5.74) is 2.96. The summed E-state index contributed by atoms with van der Waals surface area (Å²) in [6.07, 6.45) is 3.49. The zero-order chi connectivity index (χ0) is 22.3. The van der Waals surface area contributed by atoms with E-state index in [4.69, 9.17) is 16.6 Å². The molecule has 0 atom stereocenters. The Balaban J connectivity index is 1.42. The van der Waals surface area contributed by atoms with Crippen molar-refractivity contribution in [1.29, 1.82) is 0 Å². The fraction of sp³-hybridized carbons (Fsp3) is 0.125. The summed E-state index contributed by atoms with van der Waals surface area (Å²) in [4.78, 5) is 11.5. The normalized spacial score (nSPS) is 10.7. The standard InChI is InChI=1S/C24H22N4O3S/c1-30-23(29)21-13-12-20(31-21)16-28-15-19(14-25-28)26-24(32)27-22(17-8-4-2-5-9-17)18-10-6-3-7-11-18/h2-15,22H,16H2,1H3,(H2,26,27,32). The summed E-state index contributed by atoms with van der Waals surface area (Å²) in [5, 5.41) is 11.4. The summed E-state index contributed by atoms with van der Waals surface area (Å²) in [6, 6.07) is 23.5. The summed E-state index contributed by atoms with van der Waals surface area (Å²) >= 11 is 5.57. The van der Waals surface area contributed by atoms with Gasteiger partial charge in [-0.05, 0) is 35.5 Å². The number of thiocarbonyl (C=S) groups is 1. The van der Waals surface area contributed by atoms with Crippen molar-refractivity contribution in [1.82, 2.24) is 15.1 Å². The van der Waals surface area contributed by atoms with Crippen molar-refractivity contribution < 1.29 is 13.9 Å². The molecule has 0 fully saturated rings. The number of hydrogen-bond acceptors (Lipinski definition) is 5. The van der Waals surface area contributed by atoms with Crippen molar-refractivity contribution >= 4 is 29.0 Å². The molecule has 8 heteroatoms. The Hall–Kier alpha value is -3.91. The molecule has 0 aliphatic carbocycles. The first-order chi connectivity index (χ1) is 15.6. The van der Waals surface area contributed by atoms with Gasteiger partial charge in [-0.15, -0.1) is 0 Å². The summed E-state index contributed by atoms with van der Waals surface area (Å²) in [6.45, 7) is 0.371. The quantitative estimate of drug-likeness (QED) is 0.322. The van der Waals surface area contributed by atoms with Crippen molar-refractivity contribution in [2.24, 2.45) is 0 Å². The van der Waals surface area contributed by atoms with Gasteiger partial charge in [-0.2, -0.15) is 5.10 Å². The van der Waals surface area contributed by atoms with E-state index in [1.165, 1.54) is 7.11 Å². The molecule has 4 aromatic rings. The lowest BCUT2D eigenvalue weighted by molar-refractivity contribution is 0.0562. The van der Waals surface area contributed by atoms with Crippen LogP contribution in [0.25, 0.3) is 0 Å². The number of aromatic nitrogens is 2. The minimum Gasteiger partial charge on any atom is -0.463 e. The fourth-order valence-corrected chi connectivity index (χ4v) is 3.53. The largest absolute Gasteiger partial charge is 0.463 e. The van der Waals surface area contributed by atoms with Crippen LogP contribution in [0.15, 0.2) is 89.6 Å². The van der Waals surface area contributed by atoms with E-state index in [0.717, 1.165) is 16.8 Å². The van der Waals surface area contributed by atoms with Crippen LogP contribution in [0.4, 0.5) is 5.69 Å². The van der Waals surface area contributed by atoms with Crippen LogP contribution in [0.5, 0.6) is 0 Å². The highest BCUT2D eigenvalue weighted by molar-refractivity contribution is 7.80. The predicted octanol–water partition coefficient (Wildman–Crippen LogP) is 4.39. The predicted molar refractivity (Wildman–Crippen MR) is 125 cm³/mol. The number of esters is 1. The fourth-order valence-electron chi connectivity index (χ4n) is 3.30. The summed E-state index contributed by atoms with van der Waals surface area (Å²) < 4.78 is 11.8. The molecule has 0 bridgehead atoms. The van der Waals surface area contributed by atoms with Crippen LogP contribution in [0.1, 0.15) is 33.5 Å². The van der Waals surface area contributed by atoms with Gasteiger partial charge in [0.1, 0.15) is 5.76 Å². The molecule has 32 heavy (non-hydrogen) atoms. The molecule has 0 unspecified atom stereocenters. The Morgan fingerprint density at radius 2 is 1.72 bits per heavy atom. The molecule has 0 saturated heterocycles. The highest BCUT2D eigenvalue weighted by Crippen LogP contribution is 2.22. The Morgan fingerprint density at radius 3 is 2.34 bits per heavy atom. The minimum absolute atomic E-state index is 0.0905. The Bertz CT molecular complexity index is 1150. The molecule has 7 nitrogen and oxygen atoms in total. The van der Waals surface area contributed by atoms with Gasteiger partial charge in [-0.1, -0.05) is 60.7 Å². The van der Waals surface area contributed by atoms with Crippen LogP contribution in [0, 0.1) is 0 Å². The second-order valence-electron chi connectivity index (χ2n) is 7.04. The van der Waals surface area contributed by atoms with Crippen LogP contribution in [-0.2, 0) is 11.3 Å². The van der Waals surface area contributed by atoms with Gasteiger partial charge in [-0.25, -0.2) is 4.79 Å². The smallest absolute Gasteiger partial charge is 0.373 e. The number of ether oxygens (including phenoxy) is 1. The Kier molecular flexibility index (Phi) is 6.62. The molecule has 162 valence electrons. The van der Waals surface area contributed by atoms with Crippen molar-refractivity contribution in [3.05, 3.63) is 108 Å². The van der Waals surface area contributed by atoms with Gasteiger partial charge in [0.05, 0.1) is 31.6 Å². The lowest BCUT2D eigenvalue weighted by Gasteiger charge is -2.21. The molecule has 2 aromatic carbocycles. The summed E-state index contributed by atoms with van der Waals surface area (Å²) in [7, 11) is 1.31. The molecule has 2 N–H and O–H groups in total. The number of nitrogens with one attached hydrogen (secondary N) is 2. The molecule has 0 amide bonds. The van der Waals surface area contributed by atoms with E-state index >= 15 is 0 Å². The lowest BCUT2D eigenvalue weighted by Crippen LogP contribution is -2.32. The van der Waals surface area contributed by atoms with Crippen molar-refractivity contribution in [3.63, 3.8) is 0 Å². The number of rotatable bonds is 7. The topological polar surface area (TPSA) is 81.3 Å². The van der Waals surface area contributed by atoms with Crippen LogP contribution in [0.2, 0.25) is 0 Å². The van der Waals surface area contributed by atoms with E-state index in [-0.39, 0.29) is 11.8 Å². The Morgan fingerprint density at radius 1 is 1.06 bits per heavy atom. The number of anilines is 1. The number of carbonyl (C=O) groups is 1. The van der Waals surface area contributed by atoms with Crippen LogP contribution in [0.3, 0.4) is 0 Å². The zero-order valence-electron chi connectivity index (χ0n) is 17.4. The molecule has 2 aromatic heterocycles. The molecule has 0 spiro atoms. The van der Waals surface area contributed by atoms with E-state index < -0.39 is 5.97 Å². The first kappa shape index (κ1) is 21.3. The van der Waals surface area contributed by atoms with E-state index in [0.29, 0.717) is 17.4 Å². The maximum absolute atomic E-state index is 11.5. The van der Waals surface area contributed by atoms with Crippen molar-refractivity contribution in [2.45, 2.75) is 12.6 Å². The molecular weight excluding hydrogens is 424 g/mol. The number of nitrogens with zero attached hydrogens (tertiary/aromatic N) is 2. The third-order valence-electron chi connectivity index (χ3n) is 4.80. The highest BCUT2D eigenvalue weighted by Gasteiger charge is 2.16. The van der Waals surface area contributed by atoms with Gasteiger partial charge < -0.3 is 19.8 Å². The number of hydrogen-bond donors (Lipinski definition) is 2. The molecule has 4 rings (SSSR count). The van der Waals surface area contributed by atoms with Gasteiger partial charge in [0.15, 0.2) is 5.11 Å².